The summed E-state index contributed by atoms with van der Waals surface area (Å²) in [5.41, 5.74) is 3.20. The lowest BCUT2D eigenvalue weighted by Crippen LogP contribution is -2.32. The molecule has 1 aliphatic rings. The zero-order valence-electron chi connectivity index (χ0n) is 11.7. The summed E-state index contributed by atoms with van der Waals surface area (Å²) < 4.78 is 0. The van der Waals surface area contributed by atoms with Crippen LogP contribution in [0.4, 0.5) is 5.69 Å². The molecule has 100 valence electrons. The number of aromatic nitrogens is 1. The summed E-state index contributed by atoms with van der Waals surface area (Å²) >= 11 is 0. The maximum atomic E-state index is 11.5. The predicted molar refractivity (Wildman–Crippen MR) is 79.9 cm³/mol. The molecule has 1 aromatic heterocycles. The minimum atomic E-state index is -0.0272. The van der Waals surface area contributed by atoms with E-state index in [1.165, 1.54) is 18.5 Å². The molecule has 2 aromatic rings. The Labute approximate surface area is 113 Å². The molecule has 0 amide bonds. The van der Waals surface area contributed by atoms with E-state index in [-0.39, 0.29) is 5.56 Å². The molecule has 0 saturated carbocycles. The van der Waals surface area contributed by atoms with Crippen LogP contribution in [-0.2, 0) is 0 Å². The number of aryl methyl sites for hydroxylation is 1. The van der Waals surface area contributed by atoms with Crippen LogP contribution >= 0.6 is 0 Å². The number of H-pyrrole nitrogens is 1. The molecule has 0 aliphatic carbocycles. The van der Waals surface area contributed by atoms with Crippen molar-refractivity contribution in [3.63, 3.8) is 0 Å². The largest absolute Gasteiger partial charge is 0.366 e. The normalized spacial score (nSPS) is 23.2. The molecule has 0 bridgehead atoms. The first kappa shape index (κ1) is 12.3. The molecule has 1 fully saturated rings. The first-order chi connectivity index (χ1) is 9.06. The SMILES string of the molecule is Cc1cc(=O)[nH]c2ccc(N3[C@H](C)CC[C@@H]3C)cc12. The molecule has 1 aromatic carbocycles. The molecule has 0 radical (unpaired) electrons. The number of nitrogens with one attached hydrogen (secondary N) is 1. The third kappa shape index (κ3) is 2.03. The Balaban J connectivity index is 2.14. The summed E-state index contributed by atoms with van der Waals surface area (Å²) in [7, 11) is 0. The first-order valence-corrected chi connectivity index (χ1v) is 6.98. The van der Waals surface area contributed by atoms with Gasteiger partial charge in [0.1, 0.15) is 0 Å². The molecular formula is C16H20N2O. The maximum absolute atomic E-state index is 11.5. The van der Waals surface area contributed by atoms with Crippen molar-refractivity contribution in [2.75, 3.05) is 4.90 Å². The monoisotopic (exact) mass is 256 g/mol. The lowest BCUT2D eigenvalue weighted by atomic mass is 10.1. The van der Waals surface area contributed by atoms with Gasteiger partial charge in [-0.3, -0.25) is 4.79 Å². The number of aromatic amines is 1. The van der Waals surface area contributed by atoms with Crippen LogP contribution in [0.3, 0.4) is 0 Å². The van der Waals surface area contributed by atoms with Gasteiger partial charge >= 0.3 is 0 Å². The van der Waals surface area contributed by atoms with Gasteiger partial charge in [-0.1, -0.05) is 0 Å². The van der Waals surface area contributed by atoms with Crippen LogP contribution in [0.25, 0.3) is 10.9 Å². The number of hydrogen-bond acceptors (Lipinski definition) is 2. The van der Waals surface area contributed by atoms with E-state index in [0.29, 0.717) is 12.1 Å². The van der Waals surface area contributed by atoms with Gasteiger partial charge in [0, 0.05) is 34.7 Å². The Kier molecular flexibility index (Phi) is 2.85. The summed E-state index contributed by atoms with van der Waals surface area (Å²) in [4.78, 5) is 16.9. The van der Waals surface area contributed by atoms with Crippen LogP contribution in [0.15, 0.2) is 29.1 Å². The second kappa shape index (κ2) is 4.41. The Bertz CT molecular complexity index is 664. The minimum absolute atomic E-state index is 0.0272. The van der Waals surface area contributed by atoms with Gasteiger partial charge in [-0.25, -0.2) is 0 Å². The third-order valence-electron chi connectivity index (χ3n) is 4.28. The van der Waals surface area contributed by atoms with Gasteiger partial charge in [0.05, 0.1) is 0 Å². The van der Waals surface area contributed by atoms with Crippen molar-refractivity contribution < 1.29 is 0 Å². The highest BCUT2D eigenvalue weighted by molar-refractivity contribution is 5.85. The van der Waals surface area contributed by atoms with Crippen LogP contribution in [0.5, 0.6) is 0 Å². The highest BCUT2D eigenvalue weighted by Gasteiger charge is 2.27. The Morgan fingerprint density at radius 1 is 1.16 bits per heavy atom. The van der Waals surface area contributed by atoms with Gasteiger partial charge in [-0.05, 0) is 57.4 Å². The van der Waals surface area contributed by atoms with Gasteiger partial charge in [0.15, 0.2) is 0 Å². The number of nitrogens with zero attached hydrogens (tertiary/aromatic N) is 1. The predicted octanol–water partition coefficient (Wildman–Crippen LogP) is 3.21. The molecule has 2 heterocycles. The van der Waals surface area contributed by atoms with Crippen LogP contribution in [-0.4, -0.2) is 17.1 Å². The van der Waals surface area contributed by atoms with Gasteiger partial charge in [-0.15, -0.1) is 0 Å². The fraction of sp³-hybridized carbons (Fsp3) is 0.438. The fourth-order valence-electron chi connectivity index (χ4n) is 3.28. The zero-order chi connectivity index (χ0) is 13.6. The summed E-state index contributed by atoms with van der Waals surface area (Å²) in [6.07, 6.45) is 2.51. The number of rotatable bonds is 1. The topological polar surface area (TPSA) is 36.1 Å². The van der Waals surface area contributed by atoms with Crippen LogP contribution in [0.1, 0.15) is 32.3 Å². The van der Waals surface area contributed by atoms with Gasteiger partial charge in [0.2, 0.25) is 5.56 Å². The minimum Gasteiger partial charge on any atom is -0.366 e. The Morgan fingerprint density at radius 2 is 1.84 bits per heavy atom. The lowest BCUT2D eigenvalue weighted by Gasteiger charge is -2.29. The highest BCUT2D eigenvalue weighted by Crippen LogP contribution is 2.32. The second-order valence-electron chi connectivity index (χ2n) is 5.73. The molecule has 1 saturated heterocycles. The molecule has 1 N–H and O–H groups in total. The van der Waals surface area contributed by atoms with Gasteiger partial charge in [-0.2, -0.15) is 0 Å². The van der Waals surface area contributed by atoms with E-state index in [0.717, 1.165) is 16.5 Å². The maximum Gasteiger partial charge on any atom is 0.248 e. The lowest BCUT2D eigenvalue weighted by molar-refractivity contribution is 0.694. The summed E-state index contributed by atoms with van der Waals surface area (Å²) in [6, 6.07) is 9.21. The molecule has 1 aliphatic heterocycles. The number of benzene rings is 1. The standard InChI is InChI=1S/C16H20N2O/c1-10-8-16(19)17-15-7-6-13(9-14(10)15)18-11(2)4-5-12(18)3/h6-9,11-12H,4-5H2,1-3H3,(H,17,19)/t11-,12+. The number of pyridine rings is 1. The Hall–Kier alpha value is -1.77. The van der Waals surface area contributed by atoms with Gasteiger partial charge < -0.3 is 9.88 Å². The van der Waals surface area contributed by atoms with Crippen molar-refractivity contribution in [2.24, 2.45) is 0 Å². The number of anilines is 1. The quantitative estimate of drug-likeness (QED) is 0.850. The summed E-state index contributed by atoms with van der Waals surface area (Å²) in [5.74, 6) is 0. The average Bonchev–Trinajstić information content (AvgIpc) is 2.69. The summed E-state index contributed by atoms with van der Waals surface area (Å²) in [6.45, 7) is 6.57. The van der Waals surface area contributed by atoms with E-state index in [2.05, 4.69) is 35.9 Å². The molecule has 19 heavy (non-hydrogen) atoms. The van der Waals surface area contributed by atoms with Crippen molar-refractivity contribution in [1.82, 2.24) is 4.98 Å². The van der Waals surface area contributed by atoms with Gasteiger partial charge in [0.25, 0.3) is 0 Å². The second-order valence-corrected chi connectivity index (χ2v) is 5.73. The van der Waals surface area contributed by atoms with E-state index in [4.69, 9.17) is 0 Å². The molecule has 2 atom stereocenters. The van der Waals surface area contributed by atoms with Crippen LogP contribution in [0.2, 0.25) is 0 Å². The van der Waals surface area contributed by atoms with Crippen molar-refractivity contribution in [3.8, 4) is 0 Å². The summed E-state index contributed by atoms with van der Waals surface area (Å²) in [5, 5.41) is 1.14. The van der Waals surface area contributed by atoms with Crippen molar-refractivity contribution in [1.29, 1.82) is 0 Å². The Morgan fingerprint density at radius 3 is 2.53 bits per heavy atom. The molecular weight excluding hydrogens is 236 g/mol. The number of hydrogen-bond donors (Lipinski definition) is 1. The fourth-order valence-corrected chi connectivity index (χ4v) is 3.28. The average molecular weight is 256 g/mol. The molecule has 0 spiro atoms. The van der Waals surface area contributed by atoms with Crippen molar-refractivity contribution in [3.05, 3.63) is 40.2 Å². The van der Waals surface area contributed by atoms with Crippen molar-refractivity contribution >= 4 is 16.6 Å². The van der Waals surface area contributed by atoms with E-state index in [1.54, 1.807) is 6.07 Å². The van der Waals surface area contributed by atoms with E-state index in [9.17, 15) is 4.79 Å². The first-order valence-electron chi connectivity index (χ1n) is 6.98. The number of fused-ring (bicyclic) bond motifs is 1. The van der Waals surface area contributed by atoms with E-state index < -0.39 is 0 Å². The zero-order valence-corrected chi connectivity index (χ0v) is 11.7. The highest BCUT2D eigenvalue weighted by atomic mass is 16.1. The third-order valence-corrected chi connectivity index (χ3v) is 4.28. The molecule has 3 rings (SSSR count). The van der Waals surface area contributed by atoms with Crippen LogP contribution in [0, 0.1) is 6.92 Å². The van der Waals surface area contributed by atoms with Crippen molar-refractivity contribution in [2.45, 2.75) is 45.7 Å². The van der Waals surface area contributed by atoms with E-state index in [1.807, 2.05) is 13.0 Å². The smallest absolute Gasteiger partial charge is 0.248 e. The molecule has 0 unspecified atom stereocenters. The molecule has 3 heteroatoms. The van der Waals surface area contributed by atoms with E-state index >= 15 is 0 Å². The molecule has 3 nitrogen and oxygen atoms in total. The van der Waals surface area contributed by atoms with Crippen LogP contribution < -0.4 is 10.5 Å².